The van der Waals surface area contributed by atoms with Crippen molar-refractivity contribution in [2.75, 3.05) is 52.6 Å². The average Bonchev–Trinajstić information content (AvgIpc) is 4.00. The maximum Gasteiger partial charge on any atom is 0.311 e. The van der Waals surface area contributed by atoms with E-state index in [1.54, 1.807) is 9.80 Å². The zero-order valence-corrected chi connectivity index (χ0v) is 33.8. The van der Waals surface area contributed by atoms with Crippen molar-refractivity contribution >= 4 is 47.5 Å². The Morgan fingerprint density at radius 2 is 0.721 bits per heavy atom. The van der Waals surface area contributed by atoms with Crippen molar-refractivity contribution in [2.24, 2.45) is 23.7 Å². The molecule has 4 unspecified atom stereocenters. The molecule has 2 aromatic carbocycles. The Labute approximate surface area is 352 Å². The van der Waals surface area contributed by atoms with Crippen LogP contribution in [0.5, 0.6) is 0 Å². The Bertz CT molecular complexity index is 1810. The van der Waals surface area contributed by atoms with Gasteiger partial charge in [0.2, 0.25) is 23.6 Å². The highest BCUT2D eigenvalue weighted by Crippen LogP contribution is 2.25. The summed E-state index contributed by atoms with van der Waals surface area (Å²) in [6.45, 7) is 2.68. The first-order chi connectivity index (χ1) is 29.1. The van der Waals surface area contributed by atoms with Crippen LogP contribution in [0.25, 0.3) is 0 Å². The van der Waals surface area contributed by atoms with Gasteiger partial charge in [0.25, 0.3) is 0 Å². The zero-order chi connectivity index (χ0) is 44.6. The summed E-state index contributed by atoms with van der Waals surface area (Å²) in [5.41, 5.74) is 3.54. The highest BCUT2D eigenvalue weighted by atomic mass is 16.5. The molecule has 0 spiro atoms. The topological polar surface area (TPSA) is 280 Å². The van der Waals surface area contributed by atoms with E-state index in [0.29, 0.717) is 45.6 Å². The Morgan fingerprint density at radius 3 is 0.951 bits per heavy atom. The van der Waals surface area contributed by atoms with E-state index in [1.165, 1.54) is 9.80 Å². The number of carboxylic acids is 3. The minimum Gasteiger partial charge on any atom is -0.481 e. The molecule has 6 N–H and O–H groups in total. The number of benzene rings is 2. The van der Waals surface area contributed by atoms with Gasteiger partial charge in [-0.1, -0.05) is 48.5 Å². The van der Waals surface area contributed by atoms with Gasteiger partial charge in [-0.15, -0.1) is 0 Å². The molecule has 4 amide bonds. The van der Waals surface area contributed by atoms with E-state index in [9.17, 15) is 38.4 Å². The van der Waals surface area contributed by atoms with Crippen molar-refractivity contribution < 1.29 is 73.7 Å². The fourth-order valence-corrected chi connectivity index (χ4v) is 7.16. The Morgan fingerprint density at radius 1 is 0.459 bits per heavy atom. The van der Waals surface area contributed by atoms with Gasteiger partial charge in [0.1, 0.15) is 0 Å². The van der Waals surface area contributed by atoms with E-state index < -0.39 is 47.5 Å². The maximum atomic E-state index is 12.2. The SMILES string of the molecule is O=C(O)C1CC(=O)N(Cc2ccc(CN3CC(C(=O)O)CC3=O)cc2)C1.O=C(O)C1CC(=O)N(Cc2ccc(CN3CC(C(=O)OCCCO)CC3=O)cc2)C1.OCCCO. The van der Waals surface area contributed by atoms with Crippen molar-refractivity contribution in [1.82, 2.24) is 19.6 Å². The van der Waals surface area contributed by atoms with Crippen LogP contribution >= 0.6 is 0 Å². The smallest absolute Gasteiger partial charge is 0.311 e. The van der Waals surface area contributed by atoms with E-state index in [1.807, 2.05) is 48.5 Å². The summed E-state index contributed by atoms with van der Waals surface area (Å²) in [6, 6.07) is 14.8. The molecule has 0 aliphatic carbocycles. The Kier molecular flexibility index (Phi) is 18.1. The van der Waals surface area contributed by atoms with E-state index in [4.69, 9.17) is 35.4 Å². The molecule has 4 saturated heterocycles. The average molecular weight is 855 g/mol. The van der Waals surface area contributed by atoms with E-state index in [0.717, 1.165) is 22.3 Å². The largest absolute Gasteiger partial charge is 0.481 e. The van der Waals surface area contributed by atoms with Gasteiger partial charge in [-0.05, 0) is 28.7 Å². The molecule has 332 valence electrons. The number of carbonyl (C=O) groups is 8. The standard InChI is InChI=1S/C21H26N2O7.C18H20N2O6.C3H8O2/c24-6-1-7-30-21(29)17-9-19(26)23(13-17)11-15-4-2-14(3-5-15)10-22-12-16(20(27)28)8-18(22)25;21-15-5-13(17(23)24)9-19(15)7-11-1-2-12(4-3-11)8-20-10-14(18(25)26)6-16(20)22;4-2-1-3-5/h2-5,16-17,24H,1,6-13H2,(H,27,28);1-4,13-14H,5-10H2,(H,23,24)(H,25,26);4-5H,1-3H2. The zero-order valence-electron chi connectivity index (χ0n) is 33.8. The lowest BCUT2D eigenvalue weighted by atomic mass is 10.1. The number of carboxylic acid groups (broad SMARTS) is 3. The lowest BCUT2D eigenvalue weighted by molar-refractivity contribution is -0.148. The number of amides is 4. The number of aliphatic hydroxyl groups excluding tert-OH is 3. The number of rotatable bonds is 17. The number of hydrogen-bond acceptors (Lipinski definition) is 12. The second-order valence-electron chi connectivity index (χ2n) is 15.4. The molecule has 4 heterocycles. The second-order valence-corrected chi connectivity index (χ2v) is 15.4. The first kappa shape index (κ1) is 47.8. The van der Waals surface area contributed by atoms with Crippen LogP contribution in [-0.2, 0) is 69.3 Å². The summed E-state index contributed by atoms with van der Waals surface area (Å²) in [6.07, 6.45) is 1.11. The third-order valence-electron chi connectivity index (χ3n) is 10.6. The van der Waals surface area contributed by atoms with E-state index in [2.05, 4.69) is 0 Å². The molecule has 0 radical (unpaired) electrons. The molecule has 4 fully saturated rings. The number of hydrogen-bond donors (Lipinski definition) is 6. The molecule has 0 aromatic heterocycles. The van der Waals surface area contributed by atoms with Crippen molar-refractivity contribution in [3.8, 4) is 0 Å². The molecule has 19 nitrogen and oxygen atoms in total. The summed E-state index contributed by atoms with van der Waals surface area (Å²) in [5, 5.41) is 51.6. The van der Waals surface area contributed by atoms with Crippen LogP contribution in [0.15, 0.2) is 48.5 Å². The molecule has 4 atom stereocenters. The molecule has 0 bridgehead atoms. The van der Waals surface area contributed by atoms with Crippen LogP contribution in [0.4, 0.5) is 0 Å². The van der Waals surface area contributed by atoms with Gasteiger partial charge in [-0.3, -0.25) is 38.4 Å². The van der Waals surface area contributed by atoms with Crippen LogP contribution in [0, 0.1) is 23.7 Å². The summed E-state index contributed by atoms with van der Waals surface area (Å²) in [4.78, 5) is 99.3. The van der Waals surface area contributed by atoms with Crippen LogP contribution in [-0.4, -0.2) is 150 Å². The number of aliphatic hydroxyl groups is 3. The minimum absolute atomic E-state index is 0.0358. The number of aliphatic carboxylic acids is 3. The molecular weight excluding hydrogens is 800 g/mol. The van der Waals surface area contributed by atoms with E-state index in [-0.39, 0.29) is 95.4 Å². The third kappa shape index (κ3) is 14.4. The number of nitrogens with zero attached hydrogens (tertiary/aromatic N) is 4. The highest BCUT2D eigenvalue weighted by Gasteiger charge is 2.37. The lowest BCUT2D eigenvalue weighted by Gasteiger charge is -2.18. The number of esters is 1. The molecule has 0 saturated carbocycles. The molecule has 61 heavy (non-hydrogen) atoms. The predicted octanol–water partition coefficient (Wildman–Crippen LogP) is 0.308. The minimum atomic E-state index is -0.953. The van der Waals surface area contributed by atoms with Crippen LogP contribution in [0.2, 0.25) is 0 Å². The molecular formula is C42H54N4O15. The van der Waals surface area contributed by atoms with Crippen molar-refractivity contribution in [1.29, 1.82) is 0 Å². The molecule has 6 rings (SSSR count). The monoisotopic (exact) mass is 854 g/mol. The number of carbonyl (C=O) groups excluding carboxylic acids is 5. The summed E-state index contributed by atoms with van der Waals surface area (Å²) >= 11 is 0. The van der Waals surface area contributed by atoms with Crippen molar-refractivity contribution in [2.45, 2.75) is 64.7 Å². The van der Waals surface area contributed by atoms with E-state index >= 15 is 0 Å². The Balaban J connectivity index is 0.000000244. The summed E-state index contributed by atoms with van der Waals surface area (Å²) < 4.78 is 5.08. The number of likely N-dealkylation sites (tertiary alicyclic amines) is 4. The second kappa shape index (κ2) is 23.2. The lowest BCUT2D eigenvalue weighted by Crippen LogP contribution is -2.27. The summed E-state index contributed by atoms with van der Waals surface area (Å²) in [7, 11) is 0. The fraction of sp³-hybridized carbons (Fsp3) is 0.524. The Hall–Kier alpha value is -5.92. The van der Waals surface area contributed by atoms with Crippen LogP contribution in [0.1, 0.15) is 60.8 Å². The van der Waals surface area contributed by atoms with Gasteiger partial charge in [-0.2, -0.15) is 0 Å². The highest BCUT2D eigenvalue weighted by molar-refractivity contribution is 5.88. The molecule has 19 heteroatoms. The van der Waals surface area contributed by atoms with Crippen molar-refractivity contribution in [3.05, 3.63) is 70.8 Å². The fourth-order valence-electron chi connectivity index (χ4n) is 7.16. The third-order valence-corrected chi connectivity index (χ3v) is 10.6. The van der Waals surface area contributed by atoms with Gasteiger partial charge < -0.3 is 55.0 Å². The quantitative estimate of drug-likeness (QED) is 0.0923. The van der Waals surface area contributed by atoms with Crippen molar-refractivity contribution in [3.63, 3.8) is 0 Å². The van der Waals surface area contributed by atoms with Crippen LogP contribution in [0.3, 0.4) is 0 Å². The number of ether oxygens (including phenoxy) is 1. The van der Waals surface area contributed by atoms with Gasteiger partial charge in [0.05, 0.1) is 30.3 Å². The first-order valence-corrected chi connectivity index (χ1v) is 20.1. The van der Waals surface area contributed by atoms with Gasteiger partial charge in [0, 0.05) is 104 Å². The van der Waals surface area contributed by atoms with Gasteiger partial charge in [-0.25, -0.2) is 0 Å². The van der Waals surface area contributed by atoms with Gasteiger partial charge >= 0.3 is 23.9 Å². The molecule has 2 aromatic rings. The predicted molar refractivity (Wildman–Crippen MR) is 211 cm³/mol. The maximum absolute atomic E-state index is 12.2. The molecule has 4 aliphatic heterocycles. The molecule has 4 aliphatic rings. The first-order valence-electron chi connectivity index (χ1n) is 20.1. The van der Waals surface area contributed by atoms with Crippen LogP contribution < -0.4 is 0 Å². The summed E-state index contributed by atoms with van der Waals surface area (Å²) in [5.74, 6) is -6.30. The van der Waals surface area contributed by atoms with Gasteiger partial charge in [0.15, 0.2) is 0 Å². The normalized spacial score (nSPS) is 21.0.